The van der Waals surface area contributed by atoms with Crippen LogP contribution in [0.2, 0.25) is 0 Å². The molecule has 0 aromatic heterocycles. The molecule has 1 aliphatic carbocycles. The molecule has 6 heteroatoms. The second-order valence-electron chi connectivity index (χ2n) is 6.06. The molecule has 1 N–H and O–H groups in total. The van der Waals surface area contributed by atoms with Gasteiger partial charge in [-0.25, -0.2) is 0 Å². The Hall–Kier alpha value is -1.66. The highest BCUT2D eigenvalue weighted by Gasteiger charge is 2.40. The van der Waals surface area contributed by atoms with Crippen molar-refractivity contribution in [1.29, 1.82) is 0 Å². The van der Waals surface area contributed by atoms with Crippen LogP contribution in [0.4, 0.5) is 11.4 Å². The fourth-order valence-corrected chi connectivity index (χ4v) is 2.98. The molecular formula is C15H23N3O3. The summed E-state index contributed by atoms with van der Waals surface area (Å²) < 4.78 is 0. The Bertz CT molecular complexity index is 527. The lowest BCUT2D eigenvalue weighted by Crippen LogP contribution is -2.56. The Labute approximate surface area is 125 Å². The lowest BCUT2D eigenvalue weighted by molar-refractivity contribution is -0.385. The van der Waals surface area contributed by atoms with Gasteiger partial charge >= 0.3 is 0 Å². The first kappa shape index (κ1) is 15.7. The second-order valence-corrected chi connectivity index (χ2v) is 6.06. The highest BCUT2D eigenvalue weighted by Crippen LogP contribution is 2.37. The summed E-state index contributed by atoms with van der Waals surface area (Å²) in [6.07, 6.45) is 3.59. The fourth-order valence-electron chi connectivity index (χ4n) is 2.98. The largest absolute Gasteiger partial charge is 0.391 e. The van der Waals surface area contributed by atoms with E-state index in [4.69, 9.17) is 0 Å². The maximum absolute atomic E-state index is 10.9. The van der Waals surface area contributed by atoms with Gasteiger partial charge in [0.1, 0.15) is 0 Å². The number of likely N-dealkylation sites (N-methyl/N-ethyl adjacent to an activating group) is 2. The van der Waals surface area contributed by atoms with Crippen molar-refractivity contribution < 1.29 is 10.0 Å². The topological polar surface area (TPSA) is 69.9 Å². The smallest absolute Gasteiger partial charge is 0.275 e. The van der Waals surface area contributed by atoms with Gasteiger partial charge in [-0.3, -0.25) is 10.1 Å². The van der Waals surface area contributed by atoms with Gasteiger partial charge in [0.15, 0.2) is 0 Å². The molecule has 0 radical (unpaired) electrons. The van der Waals surface area contributed by atoms with E-state index in [1.165, 1.54) is 25.3 Å². The Morgan fingerprint density at radius 1 is 1.33 bits per heavy atom. The van der Waals surface area contributed by atoms with Crippen LogP contribution in [0.5, 0.6) is 0 Å². The summed E-state index contributed by atoms with van der Waals surface area (Å²) in [7, 11) is 6.19. The zero-order valence-corrected chi connectivity index (χ0v) is 12.9. The predicted molar refractivity (Wildman–Crippen MR) is 82.6 cm³/mol. The third-order valence-electron chi connectivity index (χ3n) is 4.64. The van der Waals surface area contributed by atoms with E-state index in [2.05, 4.69) is 23.9 Å². The zero-order chi connectivity index (χ0) is 15.6. The first-order valence-electron chi connectivity index (χ1n) is 7.16. The molecule has 6 nitrogen and oxygen atoms in total. The van der Waals surface area contributed by atoms with Crippen molar-refractivity contribution in [2.24, 2.45) is 0 Å². The summed E-state index contributed by atoms with van der Waals surface area (Å²) >= 11 is 0. The fraction of sp³-hybridized carbons (Fsp3) is 0.600. The number of aliphatic hydroxyl groups is 1. The average molecular weight is 293 g/mol. The first-order valence-corrected chi connectivity index (χ1v) is 7.16. The van der Waals surface area contributed by atoms with Crippen LogP contribution < -0.4 is 4.90 Å². The SMILES string of the molecule is CN(CC1(N(C)C)CCC1)c1ccc([N+](=O)[O-])c(CO)c1. The summed E-state index contributed by atoms with van der Waals surface area (Å²) in [5.41, 5.74) is 1.42. The van der Waals surface area contributed by atoms with Gasteiger partial charge in [0.25, 0.3) is 5.69 Å². The molecule has 0 unspecified atom stereocenters. The Morgan fingerprint density at radius 3 is 2.43 bits per heavy atom. The third kappa shape index (κ3) is 3.01. The molecule has 1 aliphatic rings. The molecule has 0 aliphatic heterocycles. The third-order valence-corrected chi connectivity index (χ3v) is 4.64. The van der Waals surface area contributed by atoms with E-state index in [0.717, 1.165) is 12.2 Å². The number of hydrogen-bond donors (Lipinski definition) is 1. The quantitative estimate of drug-likeness (QED) is 0.642. The molecule has 0 bridgehead atoms. The van der Waals surface area contributed by atoms with Crippen molar-refractivity contribution in [3.05, 3.63) is 33.9 Å². The number of benzene rings is 1. The van der Waals surface area contributed by atoms with Crippen molar-refractivity contribution in [3.63, 3.8) is 0 Å². The van der Waals surface area contributed by atoms with E-state index in [0.29, 0.717) is 5.56 Å². The molecule has 0 saturated heterocycles. The standard InChI is InChI=1S/C15H23N3O3/c1-16(2)15(7-4-8-15)11-17(3)13-5-6-14(18(20)21)12(9-13)10-19/h5-6,9,19H,4,7-8,10-11H2,1-3H3. The monoisotopic (exact) mass is 293 g/mol. The van der Waals surface area contributed by atoms with E-state index in [9.17, 15) is 15.2 Å². The van der Waals surface area contributed by atoms with Crippen molar-refractivity contribution in [1.82, 2.24) is 4.90 Å². The molecule has 0 heterocycles. The lowest BCUT2D eigenvalue weighted by atomic mass is 9.75. The predicted octanol–water partition coefficient (Wildman–Crippen LogP) is 2.01. The van der Waals surface area contributed by atoms with Crippen molar-refractivity contribution in [2.45, 2.75) is 31.4 Å². The van der Waals surface area contributed by atoms with Crippen LogP contribution >= 0.6 is 0 Å². The number of hydrogen-bond acceptors (Lipinski definition) is 5. The number of nitro benzene ring substituents is 1. The molecule has 1 fully saturated rings. The Balaban J connectivity index is 2.19. The summed E-state index contributed by atoms with van der Waals surface area (Å²) in [6, 6.07) is 4.93. The van der Waals surface area contributed by atoms with Gasteiger partial charge in [-0.1, -0.05) is 0 Å². The van der Waals surface area contributed by atoms with Gasteiger partial charge in [0.05, 0.1) is 17.1 Å². The number of aliphatic hydroxyl groups excluding tert-OH is 1. The van der Waals surface area contributed by atoms with Gasteiger partial charge in [-0.15, -0.1) is 0 Å². The minimum absolute atomic E-state index is 0.0272. The average Bonchev–Trinajstić information content (AvgIpc) is 2.41. The summed E-state index contributed by atoms with van der Waals surface area (Å²) in [6.45, 7) is 0.555. The molecule has 0 atom stereocenters. The van der Waals surface area contributed by atoms with Crippen LogP contribution in [0.15, 0.2) is 18.2 Å². The summed E-state index contributed by atoms with van der Waals surface area (Å²) in [5, 5.41) is 20.2. The minimum Gasteiger partial charge on any atom is -0.391 e. The van der Waals surface area contributed by atoms with Crippen molar-refractivity contribution in [2.75, 3.05) is 32.6 Å². The highest BCUT2D eigenvalue weighted by atomic mass is 16.6. The van der Waals surface area contributed by atoms with Crippen LogP contribution in [-0.4, -0.2) is 48.2 Å². The molecule has 0 spiro atoms. The number of rotatable bonds is 6. The van der Waals surface area contributed by atoms with Crippen molar-refractivity contribution in [3.8, 4) is 0 Å². The van der Waals surface area contributed by atoms with E-state index in [1.54, 1.807) is 12.1 Å². The van der Waals surface area contributed by atoms with Gasteiger partial charge in [0.2, 0.25) is 0 Å². The van der Waals surface area contributed by atoms with E-state index in [-0.39, 0.29) is 17.8 Å². The summed E-state index contributed by atoms with van der Waals surface area (Å²) in [5.74, 6) is 0. The highest BCUT2D eigenvalue weighted by molar-refractivity contribution is 5.55. The Kier molecular flexibility index (Phi) is 4.49. The molecule has 116 valence electrons. The molecule has 1 saturated carbocycles. The maximum Gasteiger partial charge on any atom is 0.275 e. The molecule has 1 aromatic carbocycles. The van der Waals surface area contributed by atoms with Crippen LogP contribution in [0, 0.1) is 10.1 Å². The molecule has 0 amide bonds. The summed E-state index contributed by atoms with van der Waals surface area (Å²) in [4.78, 5) is 14.8. The van der Waals surface area contributed by atoms with Crippen LogP contribution in [0.3, 0.4) is 0 Å². The number of nitrogens with zero attached hydrogens (tertiary/aromatic N) is 3. The van der Waals surface area contributed by atoms with Gasteiger partial charge < -0.3 is 14.9 Å². The first-order chi connectivity index (χ1) is 9.89. The zero-order valence-electron chi connectivity index (χ0n) is 12.9. The molecule has 2 rings (SSSR count). The van der Waals surface area contributed by atoms with Gasteiger partial charge in [0, 0.05) is 30.9 Å². The molecule has 21 heavy (non-hydrogen) atoms. The normalized spacial score (nSPS) is 16.6. The van der Waals surface area contributed by atoms with Gasteiger partial charge in [-0.05, 0) is 45.5 Å². The maximum atomic E-state index is 10.9. The molecule has 1 aromatic rings. The van der Waals surface area contributed by atoms with Gasteiger partial charge in [-0.2, -0.15) is 0 Å². The van der Waals surface area contributed by atoms with Crippen LogP contribution in [0.25, 0.3) is 0 Å². The molecular weight excluding hydrogens is 270 g/mol. The minimum atomic E-state index is -0.456. The van der Waals surface area contributed by atoms with Crippen LogP contribution in [0.1, 0.15) is 24.8 Å². The van der Waals surface area contributed by atoms with Crippen LogP contribution in [-0.2, 0) is 6.61 Å². The van der Waals surface area contributed by atoms with E-state index in [1.807, 2.05) is 7.05 Å². The Morgan fingerprint density at radius 2 is 2.00 bits per heavy atom. The lowest BCUT2D eigenvalue weighted by Gasteiger charge is -2.49. The van der Waals surface area contributed by atoms with E-state index < -0.39 is 4.92 Å². The number of nitro groups is 1. The number of anilines is 1. The van der Waals surface area contributed by atoms with E-state index >= 15 is 0 Å². The van der Waals surface area contributed by atoms with Crippen molar-refractivity contribution >= 4 is 11.4 Å². The second kappa shape index (κ2) is 5.99.